The van der Waals surface area contributed by atoms with Crippen molar-refractivity contribution in [3.8, 4) is 11.5 Å². The number of phenolic OH excluding ortho intramolecular Hbond substituents is 1. The van der Waals surface area contributed by atoms with E-state index >= 15 is 0 Å². The Balaban J connectivity index is 1.77. The van der Waals surface area contributed by atoms with Crippen molar-refractivity contribution >= 4 is 39.9 Å². The van der Waals surface area contributed by atoms with Gasteiger partial charge in [-0.2, -0.15) is 0 Å². The van der Waals surface area contributed by atoms with E-state index in [-0.39, 0.29) is 22.7 Å². The Morgan fingerprint density at radius 1 is 1.24 bits per heavy atom. The zero-order chi connectivity index (χ0) is 20.8. The molecule has 150 valence electrons. The van der Waals surface area contributed by atoms with Crippen LogP contribution in [0.3, 0.4) is 0 Å². The van der Waals surface area contributed by atoms with Crippen molar-refractivity contribution in [3.05, 3.63) is 75.9 Å². The van der Waals surface area contributed by atoms with Crippen molar-refractivity contribution in [1.29, 1.82) is 0 Å². The molecule has 0 fully saturated rings. The van der Waals surface area contributed by atoms with Gasteiger partial charge in [0.05, 0.1) is 23.1 Å². The maximum Gasteiger partial charge on any atom is 0.256 e. The standard InChI is InChI=1S/C21H19FIN3O3/c1-2-20(29-19-6-4-3-5-18(19)27)26-21(28)14-9-10-24-12-17(14)25-16-8-7-13(23)11-15(16)22/h3-12,20,25,27H,2H2,1H3,(H,26,28). The molecule has 1 heterocycles. The number of ether oxygens (including phenoxy) is 1. The second kappa shape index (κ2) is 9.55. The van der Waals surface area contributed by atoms with Crippen LogP contribution in [0.2, 0.25) is 0 Å². The molecule has 8 heteroatoms. The van der Waals surface area contributed by atoms with Crippen LogP contribution >= 0.6 is 22.6 Å². The molecule has 0 bridgehead atoms. The molecule has 3 rings (SSSR count). The Kier molecular flexibility index (Phi) is 6.86. The normalized spacial score (nSPS) is 11.6. The van der Waals surface area contributed by atoms with Gasteiger partial charge in [-0.25, -0.2) is 4.39 Å². The fourth-order valence-corrected chi connectivity index (χ4v) is 3.03. The number of anilines is 2. The van der Waals surface area contributed by atoms with E-state index in [1.165, 1.54) is 30.6 Å². The van der Waals surface area contributed by atoms with Crippen LogP contribution < -0.4 is 15.4 Å². The molecule has 0 aliphatic carbocycles. The SMILES string of the molecule is CCC(NC(=O)c1ccncc1Nc1ccc(I)cc1F)Oc1ccccc1O. The van der Waals surface area contributed by atoms with Crippen molar-refractivity contribution < 1.29 is 19.0 Å². The van der Waals surface area contributed by atoms with E-state index in [2.05, 4.69) is 15.6 Å². The highest BCUT2D eigenvalue weighted by Crippen LogP contribution is 2.26. The summed E-state index contributed by atoms with van der Waals surface area (Å²) in [6.07, 6.45) is 2.75. The average Bonchev–Trinajstić information content (AvgIpc) is 2.71. The summed E-state index contributed by atoms with van der Waals surface area (Å²) in [5.41, 5.74) is 0.893. The van der Waals surface area contributed by atoms with E-state index in [4.69, 9.17) is 4.74 Å². The van der Waals surface area contributed by atoms with E-state index in [1.807, 2.05) is 29.5 Å². The Bertz CT molecular complexity index is 1020. The molecular weight excluding hydrogens is 488 g/mol. The maximum absolute atomic E-state index is 14.2. The second-order valence-electron chi connectivity index (χ2n) is 6.13. The van der Waals surface area contributed by atoms with E-state index in [0.29, 0.717) is 12.1 Å². The number of para-hydroxylation sites is 2. The molecule has 0 radical (unpaired) electrons. The van der Waals surface area contributed by atoms with Crippen molar-refractivity contribution in [2.75, 3.05) is 5.32 Å². The largest absolute Gasteiger partial charge is 0.504 e. The number of rotatable bonds is 7. The van der Waals surface area contributed by atoms with Gasteiger partial charge in [0.25, 0.3) is 5.91 Å². The molecule has 29 heavy (non-hydrogen) atoms. The molecule has 1 atom stereocenters. The minimum Gasteiger partial charge on any atom is -0.504 e. The number of carbonyl (C=O) groups is 1. The Labute approximate surface area is 181 Å². The summed E-state index contributed by atoms with van der Waals surface area (Å²) in [5.74, 6) is -0.584. The van der Waals surface area contributed by atoms with Crippen molar-refractivity contribution in [3.63, 3.8) is 0 Å². The molecule has 1 aromatic heterocycles. The third-order valence-electron chi connectivity index (χ3n) is 4.06. The number of hydrogen-bond donors (Lipinski definition) is 3. The first kappa shape index (κ1) is 20.8. The van der Waals surface area contributed by atoms with E-state index < -0.39 is 18.0 Å². The monoisotopic (exact) mass is 507 g/mol. The summed E-state index contributed by atoms with van der Waals surface area (Å²) in [4.78, 5) is 16.8. The number of aromatic hydroxyl groups is 1. The van der Waals surface area contributed by atoms with Gasteiger partial charge in [0.15, 0.2) is 17.7 Å². The highest BCUT2D eigenvalue weighted by Gasteiger charge is 2.18. The summed E-state index contributed by atoms with van der Waals surface area (Å²) in [6.45, 7) is 1.84. The number of benzene rings is 2. The van der Waals surface area contributed by atoms with E-state index in [1.54, 1.807) is 30.3 Å². The fourth-order valence-electron chi connectivity index (χ4n) is 2.58. The minimum absolute atomic E-state index is 0.0133. The van der Waals surface area contributed by atoms with Crippen LogP contribution in [0.25, 0.3) is 0 Å². The van der Waals surface area contributed by atoms with Crippen LogP contribution in [-0.2, 0) is 0 Å². The van der Waals surface area contributed by atoms with Gasteiger partial charge in [-0.1, -0.05) is 19.1 Å². The van der Waals surface area contributed by atoms with Gasteiger partial charge in [-0.3, -0.25) is 9.78 Å². The summed E-state index contributed by atoms with van der Waals surface area (Å²) >= 11 is 2.02. The number of pyridine rings is 1. The first-order valence-electron chi connectivity index (χ1n) is 8.89. The molecule has 0 saturated heterocycles. The first-order valence-corrected chi connectivity index (χ1v) is 9.97. The van der Waals surface area contributed by atoms with Gasteiger partial charge in [0.1, 0.15) is 5.82 Å². The van der Waals surface area contributed by atoms with E-state index in [9.17, 15) is 14.3 Å². The van der Waals surface area contributed by atoms with Crippen molar-refractivity contribution in [2.24, 2.45) is 0 Å². The Morgan fingerprint density at radius 2 is 2.03 bits per heavy atom. The van der Waals surface area contributed by atoms with Crippen molar-refractivity contribution in [2.45, 2.75) is 19.6 Å². The van der Waals surface area contributed by atoms with Crippen LogP contribution in [0, 0.1) is 9.39 Å². The van der Waals surface area contributed by atoms with Gasteiger partial charge in [0, 0.05) is 16.2 Å². The van der Waals surface area contributed by atoms with Crippen LogP contribution in [0.5, 0.6) is 11.5 Å². The van der Waals surface area contributed by atoms with Crippen LogP contribution in [-0.4, -0.2) is 22.2 Å². The molecule has 6 nitrogen and oxygen atoms in total. The minimum atomic E-state index is -0.660. The number of hydrogen-bond acceptors (Lipinski definition) is 5. The second-order valence-corrected chi connectivity index (χ2v) is 7.37. The number of carbonyl (C=O) groups excluding carboxylic acids is 1. The predicted octanol–water partition coefficient (Wildman–Crippen LogP) is 4.82. The van der Waals surface area contributed by atoms with Gasteiger partial charge in [0.2, 0.25) is 0 Å². The lowest BCUT2D eigenvalue weighted by atomic mass is 10.2. The highest BCUT2D eigenvalue weighted by atomic mass is 127. The van der Waals surface area contributed by atoms with Gasteiger partial charge >= 0.3 is 0 Å². The number of nitrogens with one attached hydrogen (secondary N) is 2. The Hall–Kier alpha value is -2.88. The molecule has 0 spiro atoms. The number of amides is 1. The predicted molar refractivity (Wildman–Crippen MR) is 117 cm³/mol. The maximum atomic E-state index is 14.2. The molecule has 0 aliphatic rings. The van der Waals surface area contributed by atoms with Gasteiger partial charge in [-0.05, 0) is 59.0 Å². The smallest absolute Gasteiger partial charge is 0.256 e. The molecule has 0 aliphatic heterocycles. The average molecular weight is 507 g/mol. The first-order chi connectivity index (χ1) is 14.0. The van der Waals surface area contributed by atoms with Crippen LogP contribution in [0.15, 0.2) is 60.9 Å². The summed E-state index contributed by atoms with van der Waals surface area (Å²) in [7, 11) is 0. The number of halogens is 2. The Morgan fingerprint density at radius 3 is 2.76 bits per heavy atom. The topological polar surface area (TPSA) is 83.5 Å². The van der Waals surface area contributed by atoms with Crippen molar-refractivity contribution in [1.82, 2.24) is 10.3 Å². The number of aromatic nitrogens is 1. The van der Waals surface area contributed by atoms with Crippen LogP contribution in [0.1, 0.15) is 23.7 Å². The lowest BCUT2D eigenvalue weighted by molar-refractivity contribution is 0.0818. The number of phenols is 1. The molecule has 0 saturated carbocycles. The molecule has 3 N–H and O–H groups in total. The molecular formula is C21H19FIN3O3. The lowest BCUT2D eigenvalue weighted by Crippen LogP contribution is -2.38. The third-order valence-corrected chi connectivity index (χ3v) is 4.73. The zero-order valence-corrected chi connectivity index (χ0v) is 17.7. The van der Waals surface area contributed by atoms with Gasteiger partial charge < -0.3 is 20.5 Å². The zero-order valence-electron chi connectivity index (χ0n) is 15.5. The van der Waals surface area contributed by atoms with E-state index in [0.717, 1.165) is 3.57 Å². The highest BCUT2D eigenvalue weighted by molar-refractivity contribution is 14.1. The summed E-state index contributed by atoms with van der Waals surface area (Å²) < 4.78 is 20.6. The summed E-state index contributed by atoms with van der Waals surface area (Å²) in [6, 6.07) is 12.8. The summed E-state index contributed by atoms with van der Waals surface area (Å²) in [5, 5.41) is 15.6. The lowest BCUT2D eigenvalue weighted by Gasteiger charge is -2.20. The number of nitrogens with zero attached hydrogens (tertiary/aromatic N) is 1. The van der Waals surface area contributed by atoms with Crippen LogP contribution in [0.4, 0.5) is 15.8 Å². The third kappa shape index (κ3) is 5.35. The molecule has 1 amide bonds. The quantitative estimate of drug-likeness (QED) is 0.316. The fraction of sp³-hybridized carbons (Fsp3) is 0.143. The molecule has 3 aromatic rings. The molecule has 2 aromatic carbocycles. The van der Waals surface area contributed by atoms with Gasteiger partial charge in [-0.15, -0.1) is 0 Å². The molecule has 1 unspecified atom stereocenters.